The van der Waals surface area contributed by atoms with Crippen LogP contribution in [0.15, 0.2) is 30.5 Å². The maximum Gasteiger partial charge on any atom is 0.233 e. The summed E-state index contributed by atoms with van der Waals surface area (Å²) in [6.07, 6.45) is 1.86. The Kier molecular flexibility index (Phi) is 4.26. The summed E-state index contributed by atoms with van der Waals surface area (Å²) in [7, 11) is 1.87. The summed E-state index contributed by atoms with van der Waals surface area (Å²) in [6.45, 7) is 2.32. The van der Waals surface area contributed by atoms with Gasteiger partial charge in [-0.15, -0.1) is 11.0 Å². The summed E-state index contributed by atoms with van der Waals surface area (Å²) in [6, 6.07) is 7.92. The quantitative estimate of drug-likeness (QED) is 0.627. The van der Waals surface area contributed by atoms with Crippen LogP contribution >= 0.6 is 22.6 Å². The lowest BCUT2D eigenvalue weighted by molar-refractivity contribution is 0.289. The number of ether oxygens (including phenoxy) is 1. The summed E-state index contributed by atoms with van der Waals surface area (Å²) < 4.78 is 8.55. The minimum absolute atomic E-state index is 0.486. The Balaban J connectivity index is 2.19. The first kappa shape index (κ1) is 13.0. The van der Waals surface area contributed by atoms with Crippen molar-refractivity contribution in [2.75, 3.05) is 0 Å². The molecular formula is C14H13IN2O. The minimum atomic E-state index is 0.486. The van der Waals surface area contributed by atoms with Crippen LogP contribution in [0, 0.1) is 15.4 Å². The predicted molar refractivity (Wildman–Crippen MR) is 79.3 cm³/mol. The second-order valence-corrected chi connectivity index (χ2v) is 4.92. The molecule has 0 atom stereocenters. The van der Waals surface area contributed by atoms with Gasteiger partial charge in [0.1, 0.15) is 6.61 Å². The molecule has 2 rings (SSSR count). The lowest BCUT2D eigenvalue weighted by Gasteiger charge is -2.08. The standard InChI is InChI=1S/C14H13IN2O/c1-3-5-11-6-4-7-13(15)12(11)10-18-14-8-9-17(2)16-14/h4,6-9H,10H2,1-2H3. The fourth-order valence-electron chi connectivity index (χ4n) is 1.57. The fourth-order valence-corrected chi connectivity index (χ4v) is 2.23. The van der Waals surface area contributed by atoms with E-state index in [4.69, 9.17) is 4.74 Å². The Morgan fingerprint density at radius 3 is 2.89 bits per heavy atom. The topological polar surface area (TPSA) is 27.1 Å². The molecule has 0 N–H and O–H groups in total. The van der Waals surface area contributed by atoms with E-state index in [0.717, 1.165) is 14.7 Å². The molecule has 0 saturated carbocycles. The molecule has 0 spiro atoms. The van der Waals surface area contributed by atoms with Crippen LogP contribution in [0.5, 0.6) is 5.88 Å². The molecule has 0 amide bonds. The molecule has 18 heavy (non-hydrogen) atoms. The molecule has 0 fully saturated rings. The number of benzene rings is 1. The van der Waals surface area contributed by atoms with Crippen LogP contribution in [0.3, 0.4) is 0 Å². The van der Waals surface area contributed by atoms with Gasteiger partial charge in [0, 0.05) is 34.0 Å². The van der Waals surface area contributed by atoms with Crippen LogP contribution in [-0.2, 0) is 13.7 Å². The zero-order valence-corrected chi connectivity index (χ0v) is 12.4. The number of hydrogen-bond donors (Lipinski definition) is 0. The van der Waals surface area contributed by atoms with Gasteiger partial charge in [-0.05, 0) is 41.6 Å². The van der Waals surface area contributed by atoms with Gasteiger partial charge in [0.05, 0.1) is 0 Å². The van der Waals surface area contributed by atoms with Crippen molar-refractivity contribution in [1.82, 2.24) is 9.78 Å². The highest BCUT2D eigenvalue weighted by Crippen LogP contribution is 2.18. The van der Waals surface area contributed by atoms with E-state index in [1.54, 1.807) is 4.68 Å². The maximum atomic E-state index is 5.68. The molecule has 92 valence electrons. The van der Waals surface area contributed by atoms with Crippen molar-refractivity contribution in [3.8, 4) is 17.7 Å². The Labute approximate surface area is 120 Å². The largest absolute Gasteiger partial charge is 0.472 e. The van der Waals surface area contributed by atoms with E-state index in [0.29, 0.717) is 12.5 Å². The number of aryl methyl sites for hydroxylation is 1. The highest BCUT2D eigenvalue weighted by molar-refractivity contribution is 14.1. The third-order valence-electron chi connectivity index (χ3n) is 2.43. The van der Waals surface area contributed by atoms with Gasteiger partial charge >= 0.3 is 0 Å². The van der Waals surface area contributed by atoms with E-state index >= 15 is 0 Å². The molecule has 1 aromatic heterocycles. The predicted octanol–water partition coefficient (Wildman–Crippen LogP) is 2.98. The van der Waals surface area contributed by atoms with Crippen LogP contribution in [0.2, 0.25) is 0 Å². The van der Waals surface area contributed by atoms with E-state index in [2.05, 4.69) is 45.6 Å². The van der Waals surface area contributed by atoms with Gasteiger partial charge in [0.2, 0.25) is 5.88 Å². The van der Waals surface area contributed by atoms with Crippen molar-refractivity contribution in [3.05, 3.63) is 45.2 Å². The molecule has 0 aliphatic rings. The molecule has 1 heterocycles. The molecule has 3 nitrogen and oxygen atoms in total. The molecule has 1 aromatic carbocycles. The van der Waals surface area contributed by atoms with Crippen LogP contribution in [0.1, 0.15) is 18.1 Å². The van der Waals surface area contributed by atoms with Gasteiger partial charge in [0.15, 0.2) is 0 Å². The molecule has 0 radical (unpaired) electrons. The zero-order chi connectivity index (χ0) is 13.0. The van der Waals surface area contributed by atoms with Crippen LogP contribution in [0.4, 0.5) is 0 Å². The normalized spacial score (nSPS) is 9.72. The van der Waals surface area contributed by atoms with Crippen molar-refractivity contribution < 1.29 is 4.74 Å². The van der Waals surface area contributed by atoms with Crippen LogP contribution in [0.25, 0.3) is 0 Å². The Bertz CT molecular complexity index is 608. The fraction of sp³-hybridized carbons (Fsp3) is 0.214. The average Bonchev–Trinajstić information content (AvgIpc) is 2.75. The summed E-state index contributed by atoms with van der Waals surface area (Å²) in [5.74, 6) is 6.66. The van der Waals surface area contributed by atoms with Gasteiger partial charge in [-0.2, -0.15) is 0 Å². The van der Waals surface area contributed by atoms with E-state index in [-0.39, 0.29) is 0 Å². The summed E-state index contributed by atoms with van der Waals surface area (Å²) in [4.78, 5) is 0. The van der Waals surface area contributed by atoms with Crippen molar-refractivity contribution in [3.63, 3.8) is 0 Å². The van der Waals surface area contributed by atoms with Crippen LogP contribution < -0.4 is 4.74 Å². The summed E-state index contributed by atoms with van der Waals surface area (Å²) in [5, 5.41) is 4.19. The molecule has 0 saturated heterocycles. The number of aromatic nitrogens is 2. The summed E-state index contributed by atoms with van der Waals surface area (Å²) >= 11 is 2.30. The number of halogens is 1. The third kappa shape index (κ3) is 3.05. The Morgan fingerprint density at radius 2 is 2.22 bits per heavy atom. The minimum Gasteiger partial charge on any atom is -0.472 e. The molecule has 0 aliphatic heterocycles. The van der Waals surface area contributed by atoms with Gasteiger partial charge < -0.3 is 4.74 Å². The van der Waals surface area contributed by atoms with E-state index < -0.39 is 0 Å². The van der Waals surface area contributed by atoms with Gasteiger partial charge in [-0.3, -0.25) is 4.68 Å². The second-order valence-electron chi connectivity index (χ2n) is 3.76. The summed E-state index contributed by atoms with van der Waals surface area (Å²) in [5.41, 5.74) is 2.12. The third-order valence-corrected chi connectivity index (χ3v) is 3.44. The Morgan fingerprint density at radius 1 is 1.39 bits per heavy atom. The van der Waals surface area contributed by atoms with Gasteiger partial charge in [-0.1, -0.05) is 12.0 Å². The lowest BCUT2D eigenvalue weighted by atomic mass is 10.1. The van der Waals surface area contributed by atoms with Crippen molar-refractivity contribution in [2.24, 2.45) is 7.05 Å². The monoisotopic (exact) mass is 352 g/mol. The van der Waals surface area contributed by atoms with Crippen molar-refractivity contribution >= 4 is 22.6 Å². The number of nitrogens with zero attached hydrogens (tertiary/aromatic N) is 2. The molecule has 0 bridgehead atoms. The number of hydrogen-bond acceptors (Lipinski definition) is 2. The SMILES string of the molecule is CC#Cc1cccc(I)c1COc1ccn(C)n1. The van der Waals surface area contributed by atoms with Gasteiger partial charge in [-0.25, -0.2) is 0 Å². The zero-order valence-electron chi connectivity index (χ0n) is 10.3. The molecular weight excluding hydrogens is 339 g/mol. The Hall–Kier alpha value is -1.48. The molecule has 4 heteroatoms. The maximum absolute atomic E-state index is 5.68. The second kappa shape index (κ2) is 5.91. The smallest absolute Gasteiger partial charge is 0.233 e. The van der Waals surface area contributed by atoms with Gasteiger partial charge in [0.25, 0.3) is 0 Å². The van der Waals surface area contributed by atoms with E-state index in [1.165, 1.54) is 0 Å². The highest BCUT2D eigenvalue weighted by Gasteiger charge is 2.07. The average molecular weight is 352 g/mol. The first-order valence-electron chi connectivity index (χ1n) is 5.53. The number of rotatable bonds is 3. The van der Waals surface area contributed by atoms with Crippen molar-refractivity contribution in [2.45, 2.75) is 13.5 Å². The highest BCUT2D eigenvalue weighted by atomic mass is 127. The van der Waals surface area contributed by atoms with Crippen molar-refractivity contribution in [1.29, 1.82) is 0 Å². The first-order chi connectivity index (χ1) is 8.70. The molecule has 0 unspecified atom stereocenters. The van der Waals surface area contributed by atoms with Crippen LogP contribution in [-0.4, -0.2) is 9.78 Å². The molecule has 2 aromatic rings. The molecule has 0 aliphatic carbocycles. The first-order valence-corrected chi connectivity index (χ1v) is 6.61. The van der Waals surface area contributed by atoms with E-state index in [9.17, 15) is 0 Å². The lowest BCUT2D eigenvalue weighted by Crippen LogP contribution is -2.02. The van der Waals surface area contributed by atoms with E-state index in [1.807, 2.05) is 38.4 Å².